The van der Waals surface area contributed by atoms with Crippen molar-refractivity contribution in [1.82, 2.24) is 0 Å². The highest BCUT2D eigenvalue weighted by Crippen LogP contribution is 2.30. The number of rotatable bonds is 4. The Morgan fingerprint density at radius 2 is 1.88 bits per heavy atom. The zero-order valence-corrected chi connectivity index (χ0v) is 10.1. The van der Waals surface area contributed by atoms with E-state index in [9.17, 15) is 5.11 Å². The zero-order chi connectivity index (χ0) is 11.5. The Bertz CT molecular complexity index is 356. The summed E-state index contributed by atoms with van der Waals surface area (Å²) >= 11 is 0. The molecule has 2 nitrogen and oxygen atoms in total. The third-order valence-electron chi connectivity index (χ3n) is 3.58. The van der Waals surface area contributed by atoms with Gasteiger partial charge >= 0.3 is 0 Å². The summed E-state index contributed by atoms with van der Waals surface area (Å²) in [4.78, 5) is 0. The van der Waals surface area contributed by atoms with Crippen molar-refractivity contribution < 1.29 is 9.84 Å². The maximum atomic E-state index is 10.3. The lowest BCUT2D eigenvalue weighted by Crippen LogP contribution is -2.11. The van der Waals surface area contributed by atoms with Crippen LogP contribution in [0.15, 0.2) is 18.2 Å². The van der Waals surface area contributed by atoms with E-state index in [1.165, 1.54) is 11.1 Å². The van der Waals surface area contributed by atoms with Gasteiger partial charge in [0.1, 0.15) is 0 Å². The molecule has 0 fully saturated rings. The number of hydrogen-bond acceptors (Lipinski definition) is 2. The standard InChI is InChI=1S/C14H20O2/c1-3-10(4-2)14(15)11-5-6-12-8-16-9-13(12)7-11/h5-7,10,14-15H,3-4,8-9H2,1-2H3. The van der Waals surface area contributed by atoms with Gasteiger partial charge in [-0.2, -0.15) is 0 Å². The Morgan fingerprint density at radius 3 is 2.56 bits per heavy atom. The van der Waals surface area contributed by atoms with Crippen molar-refractivity contribution in [1.29, 1.82) is 0 Å². The Balaban J connectivity index is 2.20. The van der Waals surface area contributed by atoms with Crippen molar-refractivity contribution in [2.45, 2.75) is 46.0 Å². The molecule has 16 heavy (non-hydrogen) atoms. The van der Waals surface area contributed by atoms with Crippen LogP contribution >= 0.6 is 0 Å². The van der Waals surface area contributed by atoms with Gasteiger partial charge in [-0.25, -0.2) is 0 Å². The summed E-state index contributed by atoms with van der Waals surface area (Å²) in [7, 11) is 0. The third kappa shape index (κ3) is 2.13. The van der Waals surface area contributed by atoms with Crippen LogP contribution in [0.1, 0.15) is 49.5 Å². The molecule has 0 saturated carbocycles. The van der Waals surface area contributed by atoms with Crippen molar-refractivity contribution in [3.8, 4) is 0 Å². The van der Waals surface area contributed by atoms with Gasteiger partial charge in [-0.05, 0) is 22.6 Å². The van der Waals surface area contributed by atoms with Crippen LogP contribution in [-0.4, -0.2) is 5.11 Å². The molecule has 1 aromatic rings. The molecule has 2 rings (SSSR count). The average molecular weight is 220 g/mol. The zero-order valence-electron chi connectivity index (χ0n) is 10.1. The van der Waals surface area contributed by atoms with Crippen LogP contribution in [0, 0.1) is 5.92 Å². The Hall–Kier alpha value is -0.860. The summed E-state index contributed by atoms with van der Waals surface area (Å²) in [5.74, 6) is 0.361. The minimum atomic E-state index is -0.333. The molecule has 88 valence electrons. The smallest absolute Gasteiger partial charge is 0.0818 e. The van der Waals surface area contributed by atoms with E-state index in [4.69, 9.17) is 4.74 Å². The lowest BCUT2D eigenvalue weighted by molar-refractivity contribution is 0.103. The Morgan fingerprint density at radius 1 is 1.19 bits per heavy atom. The van der Waals surface area contributed by atoms with E-state index in [-0.39, 0.29) is 6.10 Å². The minimum Gasteiger partial charge on any atom is -0.388 e. The van der Waals surface area contributed by atoms with Gasteiger partial charge in [0, 0.05) is 0 Å². The van der Waals surface area contributed by atoms with Crippen LogP contribution in [0.25, 0.3) is 0 Å². The number of fused-ring (bicyclic) bond motifs is 1. The topological polar surface area (TPSA) is 29.5 Å². The first-order valence-electron chi connectivity index (χ1n) is 6.13. The molecule has 1 N–H and O–H groups in total. The molecule has 1 atom stereocenters. The fraction of sp³-hybridized carbons (Fsp3) is 0.571. The molecule has 2 heteroatoms. The number of aliphatic hydroxyl groups excluding tert-OH is 1. The SMILES string of the molecule is CCC(CC)C(O)c1ccc2c(c1)COC2. The maximum absolute atomic E-state index is 10.3. The quantitative estimate of drug-likeness (QED) is 0.844. The van der Waals surface area contributed by atoms with Crippen molar-refractivity contribution in [2.24, 2.45) is 5.92 Å². The van der Waals surface area contributed by atoms with Crippen molar-refractivity contribution in [3.05, 3.63) is 34.9 Å². The molecule has 0 aliphatic carbocycles. The summed E-state index contributed by atoms with van der Waals surface area (Å²) in [6.45, 7) is 5.68. The van der Waals surface area contributed by atoms with Gasteiger partial charge in [0.25, 0.3) is 0 Å². The molecule has 0 bridgehead atoms. The summed E-state index contributed by atoms with van der Waals surface area (Å²) in [5, 5.41) is 10.3. The lowest BCUT2D eigenvalue weighted by Gasteiger charge is -2.20. The van der Waals surface area contributed by atoms with E-state index < -0.39 is 0 Å². The molecule has 1 unspecified atom stereocenters. The molecular formula is C14H20O2. The maximum Gasteiger partial charge on any atom is 0.0818 e. The summed E-state index contributed by atoms with van der Waals surface area (Å²) < 4.78 is 5.38. The van der Waals surface area contributed by atoms with E-state index in [1.54, 1.807) is 0 Å². The van der Waals surface area contributed by atoms with Crippen LogP contribution < -0.4 is 0 Å². The first-order chi connectivity index (χ1) is 7.76. The van der Waals surface area contributed by atoms with Crippen LogP contribution in [-0.2, 0) is 18.0 Å². The molecule has 1 heterocycles. The number of benzene rings is 1. The first kappa shape index (κ1) is 11.6. The minimum absolute atomic E-state index is 0.333. The van der Waals surface area contributed by atoms with Gasteiger partial charge in [-0.1, -0.05) is 44.9 Å². The highest BCUT2D eigenvalue weighted by molar-refractivity contribution is 5.34. The molecule has 1 aromatic carbocycles. The average Bonchev–Trinajstić information content (AvgIpc) is 2.77. The van der Waals surface area contributed by atoms with Crippen LogP contribution in [0.5, 0.6) is 0 Å². The van der Waals surface area contributed by atoms with Gasteiger partial charge in [0.2, 0.25) is 0 Å². The number of aliphatic hydroxyl groups is 1. The van der Waals surface area contributed by atoms with Gasteiger partial charge in [0.15, 0.2) is 0 Å². The third-order valence-corrected chi connectivity index (χ3v) is 3.58. The van der Waals surface area contributed by atoms with Gasteiger partial charge in [0.05, 0.1) is 19.3 Å². The molecule has 0 aromatic heterocycles. The van der Waals surface area contributed by atoms with Crippen LogP contribution in [0.4, 0.5) is 0 Å². The van der Waals surface area contributed by atoms with Crippen LogP contribution in [0.3, 0.4) is 0 Å². The second-order valence-electron chi connectivity index (χ2n) is 4.54. The van der Waals surface area contributed by atoms with Crippen molar-refractivity contribution >= 4 is 0 Å². The van der Waals surface area contributed by atoms with Crippen LogP contribution in [0.2, 0.25) is 0 Å². The number of ether oxygens (including phenoxy) is 1. The van der Waals surface area contributed by atoms with Gasteiger partial charge < -0.3 is 9.84 Å². The van der Waals surface area contributed by atoms with Crippen molar-refractivity contribution in [2.75, 3.05) is 0 Å². The molecule has 0 amide bonds. The fourth-order valence-corrected chi connectivity index (χ4v) is 2.38. The number of hydrogen-bond donors (Lipinski definition) is 1. The monoisotopic (exact) mass is 220 g/mol. The predicted octanol–water partition coefficient (Wildman–Crippen LogP) is 3.19. The predicted molar refractivity (Wildman–Crippen MR) is 64.0 cm³/mol. The van der Waals surface area contributed by atoms with E-state index in [0.717, 1.165) is 25.0 Å². The molecular weight excluding hydrogens is 200 g/mol. The van der Waals surface area contributed by atoms with Crippen molar-refractivity contribution in [3.63, 3.8) is 0 Å². The Kier molecular flexibility index (Phi) is 3.62. The first-order valence-corrected chi connectivity index (χ1v) is 6.13. The molecule has 0 saturated heterocycles. The summed E-state index contributed by atoms with van der Waals surface area (Å²) in [6.07, 6.45) is 1.71. The van der Waals surface area contributed by atoms with Gasteiger partial charge in [-0.15, -0.1) is 0 Å². The lowest BCUT2D eigenvalue weighted by atomic mass is 9.90. The van der Waals surface area contributed by atoms with E-state index in [0.29, 0.717) is 12.5 Å². The van der Waals surface area contributed by atoms with E-state index in [1.807, 2.05) is 6.07 Å². The van der Waals surface area contributed by atoms with Gasteiger partial charge in [-0.3, -0.25) is 0 Å². The highest BCUT2D eigenvalue weighted by atomic mass is 16.5. The normalized spacial score (nSPS) is 16.5. The molecule has 1 aliphatic rings. The largest absolute Gasteiger partial charge is 0.388 e. The van der Waals surface area contributed by atoms with E-state index in [2.05, 4.69) is 26.0 Å². The highest BCUT2D eigenvalue weighted by Gasteiger charge is 2.19. The fourth-order valence-electron chi connectivity index (χ4n) is 2.38. The molecule has 1 aliphatic heterocycles. The second kappa shape index (κ2) is 4.98. The second-order valence-corrected chi connectivity index (χ2v) is 4.54. The Labute approximate surface area is 97.3 Å². The summed E-state index contributed by atoms with van der Waals surface area (Å²) in [6, 6.07) is 6.23. The van der Waals surface area contributed by atoms with E-state index >= 15 is 0 Å². The molecule has 0 radical (unpaired) electrons. The summed E-state index contributed by atoms with van der Waals surface area (Å²) in [5.41, 5.74) is 3.54. The molecule has 0 spiro atoms.